The second-order valence-electron chi connectivity index (χ2n) is 7.66. The van der Waals surface area contributed by atoms with Gasteiger partial charge in [0.1, 0.15) is 0 Å². The van der Waals surface area contributed by atoms with Crippen LogP contribution in [-0.4, -0.2) is 70.9 Å². The van der Waals surface area contributed by atoms with E-state index in [4.69, 9.17) is 0 Å². The number of hydrogen-bond donors (Lipinski definition) is 0. The van der Waals surface area contributed by atoms with E-state index < -0.39 is 0 Å². The summed E-state index contributed by atoms with van der Waals surface area (Å²) in [6.45, 7) is 16.2. The summed E-state index contributed by atoms with van der Waals surface area (Å²) in [6.07, 6.45) is 6.89. The van der Waals surface area contributed by atoms with Crippen molar-refractivity contribution in [1.82, 2.24) is 19.6 Å². The number of anilines is 1. The summed E-state index contributed by atoms with van der Waals surface area (Å²) in [4.78, 5) is 7.83. The van der Waals surface area contributed by atoms with Gasteiger partial charge >= 0.3 is 0 Å². The largest absolute Gasteiger partial charge is 0.366 e. The summed E-state index contributed by atoms with van der Waals surface area (Å²) in [5.74, 6) is 0. The highest BCUT2D eigenvalue weighted by Crippen LogP contribution is 2.22. The van der Waals surface area contributed by atoms with Crippen molar-refractivity contribution in [1.29, 1.82) is 0 Å². The van der Waals surface area contributed by atoms with Crippen LogP contribution >= 0.6 is 0 Å². The first-order chi connectivity index (χ1) is 11.0. The Hall–Kier alpha value is -1.07. The fourth-order valence-electron chi connectivity index (χ4n) is 3.89. The molecule has 0 unspecified atom stereocenters. The predicted molar refractivity (Wildman–Crippen MR) is 96.1 cm³/mol. The molecule has 2 aliphatic rings. The summed E-state index contributed by atoms with van der Waals surface area (Å²) in [7, 11) is 0. The van der Waals surface area contributed by atoms with E-state index in [1.54, 1.807) is 0 Å². The second kappa shape index (κ2) is 7.22. The Bertz CT molecular complexity index is 479. The van der Waals surface area contributed by atoms with Crippen molar-refractivity contribution < 1.29 is 0 Å². The summed E-state index contributed by atoms with van der Waals surface area (Å²) in [5.41, 5.74) is 1.29. The van der Waals surface area contributed by atoms with Gasteiger partial charge in [0.15, 0.2) is 0 Å². The first-order valence-corrected chi connectivity index (χ1v) is 9.32. The maximum atomic E-state index is 4.48. The van der Waals surface area contributed by atoms with Crippen LogP contribution in [0.3, 0.4) is 0 Å². The van der Waals surface area contributed by atoms with E-state index in [0.717, 1.165) is 19.1 Å². The highest BCUT2D eigenvalue weighted by molar-refractivity contribution is 5.42. The van der Waals surface area contributed by atoms with Crippen LogP contribution in [0.15, 0.2) is 12.4 Å². The number of piperidine rings is 1. The molecule has 23 heavy (non-hydrogen) atoms. The topological polar surface area (TPSA) is 27.5 Å². The molecule has 5 heteroatoms. The molecule has 0 N–H and O–H groups in total. The minimum atomic E-state index is 0.441. The van der Waals surface area contributed by atoms with Crippen LogP contribution in [-0.2, 0) is 0 Å². The number of likely N-dealkylation sites (tertiary alicyclic amines) is 1. The van der Waals surface area contributed by atoms with E-state index in [1.165, 1.54) is 44.7 Å². The zero-order valence-electron chi connectivity index (χ0n) is 15.3. The third-order valence-electron chi connectivity index (χ3n) is 5.54. The van der Waals surface area contributed by atoms with Gasteiger partial charge in [-0.05, 0) is 53.6 Å². The summed E-state index contributed by atoms with van der Waals surface area (Å²) >= 11 is 0. The molecule has 3 rings (SSSR count). The van der Waals surface area contributed by atoms with E-state index in [9.17, 15) is 0 Å². The standard InChI is InChI=1S/C18H33N5/c1-15(2)20-7-5-17(6-8-20)21-9-11-22(12-10-21)18-13-19-23(14-18)16(3)4/h13-17H,5-12H2,1-4H3. The third-order valence-corrected chi connectivity index (χ3v) is 5.54. The van der Waals surface area contributed by atoms with Gasteiger partial charge in [0.25, 0.3) is 0 Å². The molecule has 2 saturated heterocycles. The van der Waals surface area contributed by atoms with Gasteiger partial charge in [-0.3, -0.25) is 9.58 Å². The summed E-state index contributed by atoms with van der Waals surface area (Å²) < 4.78 is 2.06. The molecule has 0 aromatic carbocycles. The van der Waals surface area contributed by atoms with Gasteiger partial charge < -0.3 is 9.80 Å². The average molecular weight is 319 g/mol. The molecule has 0 bridgehead atoms. The van der Waals surface area contributed by atoms with Crippen molar-refractivity contribution >= 4 is 5.69 Å². The normalized spacial score (nSPS) is 22.4. The summed E-state index contributed by atoms with van der Waals surface area (Å²) in [6, 6.07) is 1.94. The Morgan fingerprint density at radius 3 is 2.09 bits per heavy atom. The number of rotatable bonds is 4. The molecule has 5 nitrogen and oxygen atoms in total. The van der Waals surface area contributed by atoms with Gasteiger partial charge in [0.2, 0.25) is 0 Å². The first kappa shape index (κ1) is 16.8. The van der Waals surface area contributed by atoms with Gasteiger partial charge in [-0.15, -0.1) is 0 Å². The first-order valence-electron chi connectivity index (χ1n) is 9.32. The average Bonchev–Trinajstić information content (AvgIpc) is 3.05. The van der Waals surface area contributed by atoms with E-state index in [2.05, 4.69) is 58.4 Å². The fourth-order valence-corrected chi connectivity index (χ4v) is 3.89. The maximum absolute atomic E-state index is 4.48. The Morgan fingerprint density at radius 1 is 0.913 bits per heavy atom. The molecule has 0 spiro atoms. The lowest BCUT2D eigenvalue weighted by Crippen LogP contribution is -2.53. The van der Waals surface area contributed by atoms with E-state index in [1.807, 2.05) is 6.20 Å². The zero-order valence-corrected chi connectivity index (χ0v) is 15.3. The van der Waals surface area contributed by atoms with Crippen molar-refractivity contribution in [3.8, 4) is 0 Å². The van der Waals surface area contributed by atoms with Gasteiger partial charge in [-0.2, -0.15) is 5.10 Å². The summed E-state index contributed by atoms with van der Waals surface area (Å²) in [5, 5.41) is 4.48. The monoisotopic (exact) mass is 319 g/mol. The molecule has 0 atom stereocenters. The predicted octanol–water partition coefficient (Wildman–Crippen LogP) is 2.46. The quantitative estimate of drug-likeness (QED) is 0.852. The Morgan fingerprint density at radius 2 is 1.57 bits per heavy atom. The van der Waals surface area contributed by atoms with Gasteiger partial charge in [-0.1, -0.05) is 0 Å². The van der Waals surface area contributed by atoms with Gasteiger partial charge in [-0.25, -0.2) is 0 Å². The molecule has 0 radical (unpaired) electrons. The van der Waals surface area contributed by atoms with Crippen molar-refractivity contribution in [2.75, 3.05) is 44.2 Å². The molecule has 0 amide bonds. The van der Waals surface area contributed by atoms with Crippen LogP contribution in [0.4, 0.5) is 5.69 Å². The fraction of sp³-hybridized carbons (Fsp3) is 0.833. The Balaban J connectivity index is 1.49. The van der Waals surface area contributed by atoms with Crippen molar-refractivity contribution in [2.45, 2.75) is 58.7 Å². The van der Waals surface area contributed by atoms with Crippen molar-refractivity contribution in [2.24, 2.45) is 0 Å². The molecule has 2 aliphatic heterocycles. The number of aromatic nitrogens is 2. The smallest absolute Gasteiger partial charge is 0.0753 e. The van der Waals surface area contributed by atoms with Crippen molar-refractivity contribution in [3.05, 3.63) is 12.4 Å². The van der Waals surface area contributed by atoms with Crippen LogP contribution in [0.5, 0.6) is 0 Å². The zero-order chi connectivity index (χ0) is 16.4. The Kier molecular flexibility index (Phi) is 5.27. The highest BCUT2D eigenvalue weighted by atomic mass is 15.3. The lowest BCUT2D eigenvalue weighted by molar-refractivity contribution is 0.0883. The van der Waals surface area contributed by atoms with E-state index in [0.29, 0.717) is 12.1 Å². The third kappa shape index (κ3) is 3.89. The molecule has 0 saturated carbocycles. The lowest BCUT2D eigenvalue weighted by Gasteiger charge is -2.43. The maximum Gasteiger partial charge on any atom is 0.0753 e. The van der Waals surface area contributed by atoms with Crippen LogP contribution in [0.1, 0.15) is 46.6 Å². The number of hydrogen-bond acceptors (Lipinski definition) is 4. The van der Waals surface area contributed by atoms with Crippen LogP contribution in [0.2, 0.25) is 0 Å². The molecule has 1 aromatic heterocycles. The van der Waals surface area contributed by atoms with Crippen LogP contribution in [0, 0.1) is 0 Å². The second-order valence-corrected chi connectivity index (χ2v) is 7.66. The number of piperazine rings is 1. The Labute approximate surface area is 141 Å². The molecule has 3 heterocycles. The molecular formula is C18H33N5. The van der Waals surface area contributed by atoms with Gasteiger partial charge in [0.05, 0.1) is 11.9 Å². The molecule has 1 aromatic rings. The lowest BCUT2D eigenvalue weighted by atomic mass is 10.0. The molecular weight excluding hydrogens is 286 g/mol. The minimum absolute atomic E-state index is 0.441. The highest BCUT2D eigenvalue weighted by Gasteiger charge is 2.28. The minimum Gasteiger partial charge on any atom is -0.366 e. The molecule has 0 aliphatic carbocycles. The van der Waals surface area contributed by atoms with Gasteiger partial charge in [0, 0.05) is 50.5 Å². The molecule has 2 fully saturated rings. The van der Waals surface area contributed by atoms with Crippen molar-refractivity contribution in [3.63, 3.8) is 0 Å². The molecule has 130 valence electrons. The van der Waals surface area contributed by atoms with E-state index in [-0.39, 0.29) is 0 Å². The SMILES string of the molecule is CC(C)N1CCC(N2CCN(c3cnn(C(C)C)c3)CC2)CC1. The van der Waals surface area contributed by atoms with E-state index >= 15 is 0 Å². The number of nitrogens with zero attached hydrogens (tertiary/aromatic N) is 5. The van der Waals surface area contributed by atoms with Crippen LogP contribution in [0.25, 0.3) is 0 Å². The van der Waals surface area contributed by atoms with Crippen LogP contribution < -0.4 is 4.90 Å².